The van der Waals surface area contributed by atoms with Crippen molar-refractivity contribution < 1.29 is 4.74 Å². The van der Waals surface area contributed by atoms with E-state index >= 15 is 0 Å². The van der Waals surface area contributed by atoms with Crippen molar-refractivity contribution in [2.24, 2.45) is 0 Å². The van der Waals surface area contributed by atoms with Gasteiger partial charge in [-0.1, -0.05) is 6.07 Å². The van der Waals surface area contributed by atoms with E-state index in [0.29, 0.717) is 6.04 Å². The molecule has 1 aromatic rings. The Labute approximate surface area is 98.2 Å². The van der Waals surface area contributed by atoms with Gasteiger partial charge in [0.05, 0.1) is 7.11 Å². The summed E-state index contributed by atoms with van der Waals surface area (Å²) in [5.41, 5.74) is 1.41. The normalized spacial score (nSPS) is 21.1. The quantitative estimate of drug-likeness (QED) is 0.848. The Morgan fingerprint density at radius 3 is 2.93 bits per heavy atom. The number of hydrogen-bond acceptors (Lipinski definition) is 2. The molecule has 2 nitrogen and oxygen atoms in total. The van der Waals surface area contributed by atoms with E-state index in [2.05, 4.69) is 40.0 Å². The van der Waals surface area contributed by atoms with E-state index in [4.69, 9.17) is 4.74 Å². The van der Waals surface area contributed by atoms with Gasteiger partial charge in [0.1, 0.15) is 5.75 Å². The van der Waals surface area contributed by atoms with Crippen molar-refractivity contribution in [3.05, 3.63) is 27.3 Å². The van der Waals surface area contributed by atoms with Crippen LogP contribution in [0.1, 0.15) is 24.4 Å². The van der Waals surface area contributed by atoms with Gasteiger partial charge in [-0.2, -0.15) is 0 Å². The fourth-order valence-corrected chi connectivity index (χ4v) is 2.73. The lowest BCUT2D eigenvalue weighted by molar-refractivity contribution is 0.414. The Hall–Kier alpha value is -0.290. The molecule has 3 heteroatoms. The van der Waals surface area contributed by atoms with Crippen LogP contribution in [0.15, 0.2) is 18.2 Å². The lowest BCUT2D eigenvalue weighted by Crippen LogP contribution is -2.13. The molecule has 1 N–H and O–H groups in total. The lowest BCUT2D eigenvalue weighted by atomic mass is 10.1. The predicted octanol–water partition coefficient (Wildman–Crippen LogP) is 2.72. The summed E-state index contributed by atoms with van der Waals surface area (Å²) in [6.45, 7) is 1.15. The third-order valence-corrected chi connectivity index (χ3v) is 3.58. The van der Waals surface area contributed by atoms with E-state index in [-0.39, 0.29) is 0 Å². The van der Waals surface area contributed by atoms with Gasteiger partial charge in [0.25, 0.3) is 0 Å². The molecule has 0 aliphatic carbocycles. The number of nitrogens with one attached hydrogen (secondary N) is 1. The van der Waals surface area contributed by atoms with Crippen LogP contribution in [0.25, 0.3) is 0 Å². The summed E-state index contributed by atoms with van der Waals surface area (Å²) in [4.78, 5) is 0. The van der Waals surface area contributed by atoms with Crippen LogP contribution in [0.4, 0.5) is 0 Å². The smallest absolute Gasteiger partial charge is 0.119 e. The predicted molar refractivity (Wildman–Crippen MR) is 65.7 cm³/mol. The van der Waals surface area contributed by atoms with Crippen LogP contribution in [0.3, 0.4) is 0 Å². The summed E-state index contributed by atoms with van der Waals surface area (Å²) in [5, 5.41) is 3.51. The van der Waals surface area contributed by atoms with Crippen molar-refractivity contribution in [1.29, 1.82) is 0 Å². The molecule has 0 bridgehead atoms. The van der Waals surface area contributed by atoms with Gasteiger partial charge < -0.3 is 10.1 Å². The minimum Gasteiger partial charge on any atom is -0.497 e. The lowest BCUT2D eigenvalue weighted by Gasteiger charge is -2.13. The van der Waals surface area contributed by atoms with Crippen molar-refractivity contribution >= 4 is 22.6 Å². The van der Waals surface area contributed by atoms with Crippen molar-refractivity contribution in [2.45, 2.75) is 18.9 Å². The molecule has 1 aromatic carbocycles. The Balaban J connectivity index is 2.25. The van der Waals surface area contributed by atoms with Gasteiger partial charge in [0.2, 0.25) is 0 Å². The van der Waals surface area contributed by atoms with Gasteiger partial charge in [-0.3, -0.25) is 0 Å². The zero-order valence-electron chi connectivity index (χ0n) is 8.22. The highest BCUT2D eigenvalue weighted by Crippen LogP contribution is 2.29. The minimum absolute atomic E-state index is 0.549. The maximum atomic E-state index is 5.19. The van der Waals surface area contributed by atoms with E-state index in [0.717, 1.165) is 12.3 Å². The van der Waals surface area contributed by atoms with Crippen LogP contribution in [-0.2, 0) is 0 Å². The van der Waals surface area contributed by atoms with Crippen LogP contribution < -0.4 is 10.1 Å². The summed E-state index contributed by atoms with van der Waals surface area (Å²) in [7, 11) is 1.71. The maximum Gasteiger partial charge on any atom is 0.119 e. The topological polar surface area (TPSA) is 21.3 Å². The summed E-state index contributed by atoms with van der Waals surface area (Å²) in [6.07, 6.45) is 2.54. The number of methoxy groups -OCH3 is 1. The fourth-order valence-electron chi connectivity index (χ4n) is 1.87. The van der Waals surface area contributed by atoms with Crippen molar-refractivity contribution in [2.75, 3.05) is 13.7 Å². The van der Waals surface area contributed by atoms with Gasteiger partial charge in [-0.25, -0.2) is 0 Å². The molecule has 1 heterocycles. The number of halogens is 1. The monoisotopic (exact) mass is 303 g/mol. The maximum absolute atomic E-state index is 5.19. The van der Waals surface area contributed by atoms with Crippen molar-refractivity contribution in [1.82, 2.24) is 5.32 Å². The summed E-state index contributed by atoms with van der Waals surface area (Å²) >= 11 is 2.38. The van der Waals surface area contributed by atoms with E-state index in [1.54, 1.807) is 7.11 Å². The highest BCUT2D eigenvalue weighted by molar-refractivity contribution is 14.1. The van der Waals surface area contributed by atoms with Gasteiger partial charge in [-0.05, 0) is 59.7 Å². The highest BCUT2D eigenvalue weighted by atomic mass is 127. The molecule has 76 valence electrons. The van der Waals surface area contributed by atoms with E-state index < -0.39 is 0 Å². The van der Waals surface area contributed by atoms with Crippen LogP contribution in [0, 0.1) is 3.57 Å². The van der Waals surface area contributed by atoms with Crippen LogP contribution in [0.5, 0.6) is 5.75 Å². The highest BCUT2D eigenvalue weighted by Gasteiger charge is 2.18. The average molecular weight is 303 g/mol. The molecule has 0 aromatic heterocycles. The second-order valence-corrected chi connectivity index (χ2v) is 4.70. The second-order valence-electron chi connectivity index (χ2n) is 3.54. The van der Waals surface area contributed by atoms with E-state index in [9.17, 15) is 0 Å². The fraction of sp³-hybridized carbons (Fsp3) is 0.455. The Kier molecular flexibility index (Phi) is 3.28. The SMILES string of the molecule is COc1ccc(C2CCCN2)c(I)c1. The summed E-state index contributed by atoms with van der Waals surface area (Å²) in [6, 6.07) is 6.85. The molecule has 1 unspecified atom stereocenters. The molecular weight excluding hydrogens is 289 g/mol. The Bertz CT molecular complexity index is 321. The molecule has 0 amide bonds. The number of ether oxygens (including phenoxy) is 1. The minimum atomic E-state index is 0.549. The molecule has 14 heavy (non-hydrogen) atoms. The second kappa shape index (κ2) is 4.49. The Morgan fingerprint density at radius 1 is 1.50 bits per heavy atom. The summed E-state index contributed by atoms with van der Waals surface area (Å²) < 4.78 is 6.48. The average Bonchev–Trinajstić information content (AvgIpc) is 2.70. The van der Waals surface area contributed by atoms with Gasteiger partial charge in [0.15, 0.2) is 0 Å². The van der Waals surface area contributed by atoms with Gasteiger partial charge in [0, 0.05) is 9.61 Å². The van der Waals surface area contributed by atoms with Crippen molar-refractivity contribution in [3.63, 3.8) is 0 Å². The Morgan fingerprint density at radius 2 is 2.36 bits per heavy atom. The van der Waals surface area contributed by atoms with Crippen LogP contribution >= 0.6 is 22.6 Å². The zero-order valence-corrected chi connectivity index (χ0v) is 10.4. The first-order valence-corrected chi connectivity index (χ1v) is 5.96. The molecule has 0 spiro atoms. The number of rotatable bonds is 2. The molecule has 2 rings (SSSR count). The summed E-state index contributed by atoms with van der Waals surface area (Å²) in [5.74, 6) is 0.941. The van der Waals surface area contributed by atoms with Crippen LogP contribution in [0.2, 0.25) is 0 Å². The third-order valence-electron chi connectivity index (χ3n) is 2.64. The largest absolute Gasteiger partial charge is 0.497 e. The molecule has 1 atom stereocenters. The van der Waals surface area contributed by atoms with Gasteiger partial charge in [-0.15, -0.1) is 0 Å². The molecule has 1 saturated heterocycles. The first-order valence-electron chi connectivity index (χ1n) is 4.88. The molecule has 0 saturated carbocycles. The first-order chi connectivity index (χ1) is 6.81. The molecular formula is C11H14INO. The van der Waals surface area contributed by atoms with Crippen molar-refractivity contribution in [3.8, 4) is 5.75 Å². The van der Waals surface area contributed by atoms with Gasteiger partial charge >= 0.3 is 0 Å². The first kappa shape index (κ1) is 10.2. The van der Waals surface area contributed by atoms with Crippen LogP contribution in [-0.4, -0.2) is 13.7 Å². The van der Waals surface area contributed by atoms with E-state index in [1.165, 1.54) is 22.0 Å². The third kappa shape index (κ3) is 2.03. The standard InChI is InChI=1S/C11H14INO/c1-14-8-4-5-9(10(12)7-8)11-3-2-6-13-11/h4-5,7,11,13H,2-3,6H2,1H3. The molecule has 1 fully saturated rings. The molecule has 0 radical (unpaired) electrons. The zero-order chi connectivity index (χ0) is 9.97. The number of benzene rings is 1. The van der Waals surface area contributed by atoms with E-state index in [1.807, 2.05) is 6.07 Å². The molecule has 1 aliphatic heterocycles. The molecule has 1 aliphatic rings. The number of hydrogen-bond donors (Lipinski definition) is 1.